The average molecular weight is 471 g/mol. The van der Waals surface area contributed by atoms with Crippen LogP contribution < -0.4 is 14.8 Å². The summed E-state index contributed by atoms with van der Waals surface area (Å²) in [6.07, 6.45) is 3.26. The van der Waals surface area contributed by atoms with Crippen molar-refractivity contribution in [1.82, 2.24) is 14.1 Å². The highest BCUT2D eigenvalue weighted by Gasteiger charge is 2.30. The van der Waals surface area contributed by atoms with Gasteiger partial charge in [0.25, 0.3) is 5.91 Å². The second-order valence-electron chi connectivity index (χ2n) is 7.49. The summed E-state index contributed by atoms with van der Waals surface area (Å²) in [6, 6.07) is 13.9. The minimum absolute atomic E-state index is 0.0332. The van der Waals surface area contributed by atoms with E-state index < -0.39 is 15.9 Å². The normalized spacial score (nSPS) is 14.2. The zero-order chi connectivity index (χ0) is 23.4. The van der Waals surface area contributed by atoms with E-state index in [-0.39, 0.29) is 16.3 Å². The van der Waals surface area contributed by atoms with E-state index in [1.54, 1.807) is 29.9 Å². The van der Waals surface area contributed by atoms with Gasteiger partial charge in [-0.1, -0.05) is 18.2 Å². The molecule has 1 N–H and O–H groups in total. The molecule has 2 heterocycles. The summed E-state index contributed by atoms with van der Waals surface area (Å²) in [5, 5.41) is 7.09. The van der Waals surface area contributed by atoms with Crippen molar-refractivity contribution in [2.24, 2.45) is 0 Å². The van der Waals surface area contributed by atoms with Crippen LogP contribution in [0.2, 0.25) is 0 Å². The van der Waals surface area contributed by atoms with Crippen molar-refractivity contribution in [3.63, 3.8) is 0 Å². The molecule has 1 fully saturated rings. The highest BCUT2D eigenvalue weighted by molar-refractivity contribution is 7.89. The number of sulfonamides is 1. The highest BCUT2D eigenvalue weighted by Crippen LogP contribution is 2.32. The number of anilines is 1. The summed E-state index contributed by atoms with van der Waals surface area (Å²) >= 11 is 0. The molecule has 1 saturated heterocycles. The number of carbonyl (C=O) groups excluding carboxylic acids is 1. The maximum atomic E-state index is 13.2. The Bertz CT molecular complexity index is 1230. The molecule has 1 aromatic heterocycles. The van der Waals surface area contributed by atoms with Crippen LogP contribution in [0.1, 0.15) is 30.3 Å². The monoisotopic (exact) mass is 470 g/mol. The quantitative estimate of drug-likeness (QED) is 0.542. The molecule has 174 valence electrons. The fourth-order valence-electron chi connectivity index (χ4n) is 3.70. The number of nitrogens with zero attached hydrogens (tertiary/aromatic N) is 3. The molecule has 0 bridgehead atoms. The van der Waals surface area contributed by atoms with E-state index >= 15 is 0 Å². The van der Waals surface area contributed by atoms with Gasteiger partial charge in [0.1, 0.15) is 10.6 Å². The molecule has 0 radical (unpaired) electrons. The van der Waals surface area contributed by atoms with Crippen LogP contribution in [0.25, 0.3) is 5.69 Å². The van der Waals surface area contributed by atoms with E-state index in [4.69, 9.17) is 9.47 Å². The number of carbonyl (C=O) groups is 1. The van der Waals surface area contributed by atoms with Crippen LogP contribution in [0, 0.1) is 0 Å². The van der Waals surface area contributed by atoms with Crippen LogP contribution in [0.15, 0.2) is 59.6 Å². The van der Waals surface area contributed by atoms with Gasteiger partial charge in [-0.3, -0.25) is 4.79 Å². The zero-order valence-corrected chi connectivity index (χ0v) is 19.3. The van der Waals surface area contributed by atoms with Crippen molar-refractivity contribution < 1.29 is 22.7 Å². The summed E-state index contributed by atoms with van der Waals surface area (Å²) in [4.78, 5) is 13.0. The lowest BCUT2D eigenvalue weighted by Crippen LogP contribution is -2.28. The molecule has 0 aliphatic carbocycles. The van der Waals surface area contributed by atoms with E-state index in [9.17, 15) is 13.2 Å². The van der Waals surface area contributed by atoms with Crippen LogP contribution in [0.4, 0.5) is 5.69 Å². The van der Waals surface area contributed by atoms with Crippen LogP contribution in [0.3, 0.4) is 0 Å². The van der Waals surface area contributed by atoms with E-state index in [0.29, 0.717) is 31.1 Å². The molecule has 4 rings (SSSR count). The lowest BCUT2D eigenvalue weighted by Gasteiger charge is -2.19. The summed E-state index contributed by atoms with van der Waals surface area (Å²) in [5.74, 6) is 0.0377. The summed E-state index contributed by atoms with van der Waals surface area (Å²) < 4.78 is 40.3. The highest BCUT2D eigenvalue weighted by atomic mass is 32.2. The second-order valence-corrected chi connectivity index (χ2v) is 9.39. The van der Waals surface area contributed by atoms with Crippen LogP contribution in [-0.4, -0.2) is 55.2 Å². The molecule has 1 aliphatic rings. The Morgan fingerprint density at radius 1 is 1.09 bits per heavy atom. The first-order valence-electron chi connectivity index (χ1n) is 10.7. The van der Waals surface area contributed by atoms with Crippen molar-refractivity contribution in [2.75, 3.05) is 32.1 Å². The number of amides is 1. The number of benzene rings is 2. The van der Waals surface area contributed by atoms with E-state index in [2.05, 4.69) is 10.4 Å². The summed E-state index contributed by atoms with van der Waals surface area (Å²) in [7, 11) is -2.29. The Morgan fingerprint density at radius 3 is 2.48 bits per heavy atom. The number of ether oxygens (including phenoxy) is 2. The minimum atomic E-state index is -3.75. The van der Waals surface area contributed by atoms with E-state index in [0.717, 1.165) is 18.5 Å². The molecule has 0 spiro atoms. The van der Waals surface area contributed by atoms with Gasteiger partial charge in [0, 0.05) is 18.8 Å². The van der Waals surface area contributed by atoms with Crippen molar-refractivity contribution in [3.05, 3.63) is 60.4 Å². The third-order valence-electron chi connectivity index (χ3n) is 5.32. The van der Waals surface area contributed by atoms with Crippen LogP contribution in [-0.2, 0) is 10.0 Å². The molecular weight excluding hydrogens is 444 g/mol. The first-order valence-corrected chi connectivity index (χ1v) is 12.2. The van der Waals surface area contributed by atoms with Crippen LogP contribution in [0.5, 0.6) is 11.5 Å². The molecule has 0 unspecified atom stereocenters. The molecule has 2 aromatic carbocycles. The minimum Gasteiger partial charge on any atom is -0.493 e. The first kappa shape index (κ1) is 22.8. The topological polar surface area (TPSA) is 103 Å². The third kappa shape index (κ3) is 4.71. The number of para-hydroxylation sites is 1. The Morgan fingerprint density at radius 2 is 1.82 bits per heavy atom. The maximum Gasteiger partial charge on any atom is 0.280 e. The van der Waals surface area contributed by atoms with Crippen molar-refractivity contribution in [2.45, 2.75) is 24.7 Å². The predicted molar refractivity (Wildman–Crippen MR) is 124 cm³/mol. The Labute approximate surface area is 193 Å². The van der Waals surface area contributed by atoms with Crippen LogP contribution >= 0.6 is 0 Å². The number of hydrogen-bond acceptors (Lipinski definition) is 6. The molecular formula is C23H26N4O5S. The van der Waals surface area contributed by atoms with Gasteiger partial charge in [0.15, 0.2) is 11.4 Å². The smallest absolute Gasteiger partial charge is 0.280 e. The van der Waals surface area contributed by atoms with Gasteiger partial charge in [-0.15, -0.1) is 0 Å². The van der Waals surface area contributed by atoms with E-state index in [1.807, 2.05) is 30.3 Å². The van der Waals surface area contributed by atoms with Gasteiger partial charge < -0.3 is 14.8 Å². The number of nitrogens with one attached hydrogen (secondary N) is 1. The summed E-state index contributed by atoms with van der Waals surface area (Å²) in [5.41, 5.74) is 1.17. The molecule has 1 amide bonds. The average Bonchev–Trinajstić information content (AvgIpc) is 3.51. The standard InChI is InChI=1S/C23H26N4O5S/c1-3-32-19-12-11-17(15-21(19)33(29,30)26-13-7-8-14-26)24-23(28)22-20(31-2)16-27(25-22)18-9-5-4-6-10-18/h4-6,9-12,15-16H,3,7-8,13-14H2,1-2H3,(H,24,28). The van der Waals surface area contributed by atoms with Crippen molar-refractivity contribution >= 4 is 21.6 Å². The van der Waals surface area contributed by atoms with Gasteiger partial charge in [0.05, 0.1) is 25.6 Å². The number of aromatic nitrogens is 2. The number of hydrogen-bond donors (Lipinski definition) is 1. The van der Waals surface area contributed by atoms with Gasteiger partial charge in [-0.05, 0) is 50.1 Å². The summed E-state index contributed by atoms with van der Waals surface area (Å²) in [6.45, 7) is 3.05. The fourth-order valence-corrected chi connectivity index (χ4v) is 5.37. The van der Waals surface area contributed by atoms with Gasteiger partial charge in [-0.25, -0.2) is 13.1 Å². The maximum absolute atomic E-state index is 13.2. The first-order chi connectivity index (χ1) is 15.9. The molecule has 3 aromatic rings. The molecule has 9 nitrogen and oxygen atoms in total. The Balaban J connectivity index is 1.64. The Hall–Kier alpha value is -3.37. The molecule has 1 aliphatic heterocycles. The van der Waals surface area contributed by atoms with Gasteiger partial charge >= 0.3 is 0 Å². The molecule has 0 saturated carbocycles. The largest absolute Gasteiger partial charge is 0.493 e. The van der Waals surface area contributed by atoms with Crippen molar-refractivity contribution in [1.29, 1.82) is 0 Å². The fraction of sp³-hybridized carbons (Fsp3) is 0.304. The van der Waals surface area contributed by atoms with Gasteiger partial charge in [0.2, 0.25) is 10.0 Å². The SMILES string of the molecule is CCOc1ccc(NC(=O)c2nn(-c3ccccc3)cc2OC)cc1S(=O)(=O)N1CCCC1. The zero-order valence-electron chi connectivity index (χ0n) is 18.5. The number of methoxy groups -OCH3 is 1. The third-order valence-corrected chi connectivity index (χ3v) is 7.24. The van der Waals surface area contributed by atoms with Crippen molar-refractivity contribution in [3.8, 4) is 17.2 Å². The predicted octanol–water partition coefficient (Wildman–Crippen LogP) is 3.32. The lowest BCUT2D eigenvalue weighted by molar-refractivity contribution is 0.101. The molecule has 33 heavy (non-hydrogen) atoms. The van der Waals surface area contributed by atoms with E-state index in [1.165, 1.54) is 17.5 Å². The number of rotatable bonds is 8. The molecule has 0 atom stereocenters. The molecule has 10 heteroatoms. The second kappa shape index (κ2) is 9.63. The lowest BCUT2D eigenvalue weighted by atomic mass is 10.3. The van der Waals surface area contributed by atoms with Gasteiger partial charge in [-0.2, -0.15) is 9.40 Å². The Kier molecular flexibility index (Phi) is 6.66.